The van der Waals surface area contributed by atoms with E-state index in [-0.39, 0.29) is 5.97 Å². The van der Waals surface area contributed by atoms with Crippen molar-refractivity contribution in [3.8, 4) is 0 Å². The van der Waals surface area contributed by atoms with Crippen LogP contribution in [0.25, 0.3) is 0 Å². The van der Waals surface area contributed by atoms with Gasteiger partial charge in [-0.05, 0) is 41.4 Å². The van der Waals surface area contributed by atoms with Crippen LogP contribution in [-0.2, 0) is 4.74 Å². The third kappa shape index (κ3) is 2.52. The molecule has 4 heteroatoms. The Kier molecular flexibility index (Phi) is 3.42. The number of ether oxygens (including phenoxy) is 1. The van der Waals surface area contributed by atoms with E-state index in [4.69, 9.17) is 4.74 Å². The van der Waals surface area contributed by atoms with E-state index in [1.54, 1.807) is 13.0 Å². The first-order valence-corrected chi connectivity index (χ1v) is 4.73. The molecule has 1 aromatic heterocycles. The van der Waals surface area contributed by atoms with E-state index in [9.17, 15) is 4.79 Å². The van der Waals surface area contributed by atoms with Crippen LogP contribution in [0.1, 0.15) is 22.8 Å². The Hall–Kier alpha value is -0.900. The molecule has 0 aliphatic heterocycles. The molecule has 0 aliphatic carbocycles. The minimum atomic E-state index is -0.319. The van der Waals surface area contributed by atoms with Gasteiger partial charge < -0.3 is 4.74 Å². The van der Waals surface area contributed by atoms with E-state index in [0.717, 1.165) is 10.2 Å². The Morgan fingerprint density at radius 1 is 1.69 bits per heavy atom. The molecule has 0 unspecified atom stereocenters. The van der Waals surface area contributed by atoms with Crippen LogP contribution in [0.5, 0.6) is 0 Å². The van der Waals surface area contributed by atoms with Crippen LogP contribution in [-0.4, -0.2) is 17.6 Å². The van der Waals surface area contributed by atoms with Crippen LogP contribution < -0.4 is 0 Å². The number of aryl methyl sites for hydroxylation is 1. The van der Waals surface area contributed by atoms with Gasteiger partial charge in [-0.2, -0.15) is 0 Å². The van der Waals surface area contributed by atoms with Crippen molar-refractivity contribution < 1.29 is 9.53 Å². The first-order chi connectivity index (χ1) is 6.15. The largest absolute Gasteiger partial charge is 0.462 e. The SMILES string of the molecule is CCOC(=O)c1cnc(Br)cc1C. The monoisotopic (exact) mass is 243 g/mol. The molecule has 1 aromatic rings. The molecule has 0 aromatic carbocycles. The summed E-state index contributed by atoms with van der Waals surface area (Å²) < 4.78 is 5.57. The molecule has 1 heterocycles. The molecular formula is C9H10BrNO2. The number of carbonyl (C=O) groups is 1. The highest BCUT2D eigenvalue weighted by Gasteiger charge is 2.09. The predicted molar refractivity (Wildman–Crippen MR) is 52.6 cm³/mol. The van der Waals surface area contributed by atoms with Gasteiger partial charge in [0, 0.05) is 6.20 Å². The average Bonchev–Trinajstić information content (AvgIpc) is 2.04. The fourth-order valence-corrected chi connectivity index (χ4v) is 1.39. The quantitative estimate of drug-likeness (QED) is 0.592. The van der Waals surface area contributed by atoms with E-state index in [1.165, 1.54) is 6.20 Å². The van der Waals surface area contributed by atoms with Crippen LogP contribution >= 0.6 is 15.9 Å². The minimum Gasteiger partial charge on any atom is -0.462 e. The van der Waals surface area contributed by atoms with Crippen LogP contribution in [0, 0.1) is 6.92 Å². The van der Waals surface area contributed by atoms with Gasteiger partial charge in [-0.15, -0.1) is 0 Å². The Labute approximate surface area is 85.3 Å². The van der Waals surface area contributed by atoms with Gasteiger partial charge in [0.15, 0.2) is 0 Å². The second kappa shape index (κ2) is 4.37. The summed E-state index contributed by atoms with van der Waals surface area (Å²) >= 11 is 3.22. The molecule has 70 valence electrons. The first kappa shape index (κ1) is 10.2. The van der Waals surface area contributed by atoms with Crippen molar-refractivity contribution >= 4 is 21.9 Å². The lowest BCUT2D eigenvalue weighted by atomic mass is 10.2. The zero-order valence-corrected chi connectivity index (χ0v) is 9.09. The molecule has 1 rings (SSSR count). The molecule has 0 saturated heterocycles. The number of esters is 1. The second-order valence-corrected chi connectivity index (χ2v) is 3.35. The normalized spacial score (nSPS) is 9.77. The molecule has 0 spiro atoms. The summed E-state index contributed by atoms with van der Waals surface area (Å²) in [6, 6.07) is 1.78. The van der Waals surface area contributed by atoms with E-state index in [0.29, 0.717) is 12.2 Å². The highest BCUT2D eigenvalue weighted by atomic mass is 79.9. The average molecular weight is 244 g/mol. The highest BCUT2D eigenvalue weighted by molar-refractivity contribution is 9.10. The van der Waals surface area contributed by atoms with Gasteiger partial charge >= 0.3 is 5.97 Å². The summed E-state index contributed by atoms with van der Waals surface area (Å²) in [5.74, 6) is -0.319. The van der Waals surface area contributed by atoms with Crippen molar-refractivity contribution in [1.29, 1.82) is 0 Å². The molecule has 0 atom stereocenters. The summed E-state index contributed by atoms with van der Waals surface area (Å²) in [6.45, 7) is 4.01. The van der Waals surface area contributed by atoms with Gasteiger partial charge in [0.05, 0.1) is 12.2 Å². The fourth-order valence-electron chi connectivity index (χ4n) is 0.944. The molecule has 3 nitrogen and oxygen atoms in total. The standard InChI is InChI=1S/C9H10BrNO2/c1-3-13-9(12)7-5-11-8(10)4-6(7)2/h4-5H,3H2,1-2H3. The summed E-state index contributed by atoms with van der Waals surface area (Å²) in [4.78, 5) is 15.3. The highest BCUT2D eigenvalue weighted by Crippen LogP contribution is 2.13. The van der Waals surface area contributed by atoms with E-state index in [1.807, 2.05) is 6.92 Å². The molecular weight excluding hydrogens is 234 g/mol. The Balaban J connectivity index is 2.95. The zero-order valence-electron chi connectivity index (χ0n) is 7.50. The molecule has 13 heavy (non-hydrogen) atoms. The summed E-state index contributed by atoms with van der Waals surface area (Å²) in [7, 11) is 0. The van der Waals surface area contributed by atoms with Crippen molar-refractivity contribution in [1.82, 2.24) is 4.98 Å². The molecule has 0 saturated carbocycles. The van der Waals surface area contributed by atoms with Gasteiger partial charge in [0.1, 0.15) is 4.60 Å². The van der Waals surface area contributed by atoms with Crippen molar-refractivity contribution in [3.05, 3.63) is 28.0 Å². The number of rotatable bonds is 2. The predicted octanol–water partition coefficient (Wildman–Crippen LogP) is 2.33. The summed E-state index contributed by atoms with van der Waals surface area (Å²) in [6.07, 6.45) is 1.51. The van der Waals surface area contributed by atoms with Gasteiger partial charge in [0.25, 0.3) is 0 Å². The van der Waals surface area contributed by atoms with Gasteiger partial charge in [0.2, 0.25) is 0 Å². The third-order valence-electron chi connectivity index (χ3n) is 1.57. The molecule has 0 aliphatic rings. The number of pyridine rings is 1. The maximum absolute atomic E-state index is 11.3. The topological polar surface area (TPSA) is 39.2 Å². The van der Waals surface area contributed by atoms with Crippen LogP contribution in [0.3, 0.4) is 0 Å². The molecule has 0 radical (unpaired) electrons. The minimum absolute atomic E-state index is 0.319. The fraction of sp³-hybridized carbons (Fsp3) is 0.333. The van der Waals surface area contributed by atoms with Gasteiger partial charge in [-0.25, -0.2) is 9.78 Å². The van der Waals surface area contributed by atoms with Crippen LogP contribution in [0.15, 0.2) is 16.9 Å². The zero-order chi connectivity index (χ0) is 9.84. The lowest BCUT2D eigenvalue weighted by Crippen LogP contribution is -2.07. The maximum Gasteiger partial charge on any atom is 0.339 e. The third-order valence-corrected chi connectivity index (χ3v) is 2.01. The van der Waals surface area contributed by atoms with E-state index >= 15 is 0 Å². The number of hydrogen-bond acceptors (Lipinski definition) is 3. The molecule has 0 fully saturated rings. The number of carbonyl (C=O) groups excluding carboxylic acids is 1. The summed E-state index contributed by atoms with van der Waals surface area (Å²) in [5, 5.41) is 0. The van der Waals surface area contributed by atoms with Crippen molar-refractivity contribution in [2.75, 3.05) is 6.61 Å². The smallest absolute Gasteiger partial charge is 0.339 e. The number of halogens is 1. The number of aromatic nitrogens is 1. The Bertz CT molecular complexity index is 325. The number of hydrogen-bond donors (Lipinski definition) is 0. The van der Waals surface area contributed by atoms with Crippen molar-refractivity contribution in [2.45, 2.75) is 13.8 Å². The van der Waals surface area contributed by atoms with E-state index in [2.05, 4.69) is 20.9 Å². The molecule has 0 N–H and O–H groups in total. The Morgan fingerprint density at radius 2 is 2.38 bits per heavy atom. The lowest BCUT2D eigenvalue weighted by Gasteiger charge is -2.04. The van der Waals surface area contributed by atoms with Crippen LogP contribution in [0.4, 0.5) is 0 Å². The van der Waals surface area contributed by atoms with Crippen molar-refractivity contribution in [2.24, 2.45) is 0 Å². The summed E-state index contributed by atoms with van der Waals surface area (Å²) in [5.41, 5.74) is 1.38. The Morgan fingerprint density at radius 3 is 2.92 bits per heavy atom. The van der Waals surface area contributed by atoms with E-state index < -0.39 is 0 Å². The first-order valence-electron chi connectivity index (χ1n) is 3.94. The second-order valence-electron chi connectivity index (χ2n) is 2.54. The lowest BCUT2D eigenvalue weighted by molar-refractivity contribution is 0.0525. The van der Waals surface area contributed by atoms with Gasteiger partial charge in [-0.1, -0.05) is 0 Å². The number of nitrogens with zero attached hydrogens (tertiary/aromatic N) is 1. The maximum atomic E-state index is 11.3. The van der Waals surface area contributed by atoms with Crippen LogP contribution in [0.2, 0.25) is 0 Å². The van der Waals surface area contributed by atoms with Crippen molar-refractivity contribution in [3.63, 3.8) is 0 Å². The molecule has 0 bridgehead atoms. The molecule has 0 amide bonds. The van der Waals surface area contributed by atoms with Gasteiger partial charge in [-0.3, -0.25) is 0 Å².